The lowest BCUT2D eigenvalue weighted by Gasteiger charge is -2.57. The smallest absolute Gasteiger partial charge is 0.240 e. The van der Waals surface area contributed by atoms with Crippen LogP contribution >= 0.6 is 0 Å². The Hall–Kier alpha value is -1.46. The summed E-state index contributed by atoms with van der Waals surface area (Å²) in [6, 6.07) is 6.83. The van der Waals surface area contributed by atoms with Crippen molar-refractivity contribution >= 4 is 5.91 Å². The fourth-order valence-corrected chi connectivity index (χ4v) is 4.84. The van der Waals surface area contributed by atoms with Gasteiger partial charge in [0.25, 0.3) is 0 Å². The molecule has 0 heterocycles. The van der Waals surface area contributed by atoms with Gasteiger partial charge in [-0.3, -0.25) is 4.79 Å². The molecule has 0 aromatic heterocycles. The van der Waals surface area contributed by atoms with E-state index in [1.165, 1.54) is 12.5 Å². The summed E-state index contributed by atoms with van der Waals surface area (Å²) in [5.41, 5.74) is 5.95. The minimum absolute atomic E-state index is 0.00473. The van der Waals surface area contributed by atoms with Crippen LogP contribution in [-0.2, 0) is 14.9 Å². The van der Waals surface area contributed by atoms with Crippen LogP contribution in [0.2, 0.25) is 0 Å². The Balaban J connectivity index is 1.74. The summed E-state index contributed by atoms with van der Waals surface area (Å²) >= 11 is 0. The predicted molar refractivity (Wildman–Crippen MR) is 105 cm³/mol. The van der Waals surface area contributed by atoms with Crippen molar-refractivity contribution in [2.45, 2.75) is 76.4 Å². The predicted octanol–water partition coefficient (Wildman–Crippen LogP) is 3.68. The van der Waals surface area contributed by atoms with E-state index in [2.05, 4.69) is 5.32 Å². The van der Waals surface area contributed by atoms with Crippen molar-refractivity contribution in [1.82, 2.24) is 5.32 Å². The van der Waals surface area contributed by atoms with Crippen molar-refractivity contribution in [1.29, 1.82) is 0 Å². The molecule has 4 nitrogen and oxygen atoms in total. The second-order valence-electron chi connectivity index (χ2n) is 8.88. The van der Waals surface area contributed by atoms with E-state index < -0.39 is 11.0 Å². The van der Waals surface area contributed by atoms with Crippen LogP contribution in [0.1, 0.15) is 64.9 Å². The van der Waals surface area contributed by atoms with Gasteiger partial charge in [0.15, 0.2) is 0 Å². The monoisotopic (exact) mass is 376 g/mol. The van der Waals surface area contributed by atoms with Crippen LogP contribution in [0, 0.1) is 11.2 Å². The number of halogens is 1. The molecule has 2 fully saturated rings. The van der Waals surface area contributed by atoms with Crippen LogP contribution in [0.5, 0.6) is 0 Å². The Kier molecular flexibility index (Phi) is 5.64. The first kappa shape index (κ1) is 20.3. The fraction of sp³-hybridized carbons (Fsp3) is 0.682. The molecule has 2 saturated carbocycles. The molecule has 1 amide bonds. The van der Waals surface area contributed by atoms with E-state index in [1.54, 1.807) is 12.1 Å². The highest BCUT2D eigenvalue weighted by Gasteiger charge is 2.63. The third-order valence-electron chi connectivity index (χ3n) is 7.07. The van der Waals surface area contributed by atoms with Gasteiger partial charge in [0.05, 0.1) is 6.10 Å². The number of nitrogens with one attached hydrogen (secondary N) is 1. The van der Waals surface area contributed by atoms with Gasteiger partial charge in [-0.2, -0.15) is 0 Å². The number of carbonyl (C=O) groups excluding carboxylic acids is 1. The zero-order chi connectivity index (χ0) is 19.7. The van der Waals surface area contributed by atoms with Gasteiger partial charge in [0.1, 0.15) is 11.4 Å². The summed E-state index contributed by atoms with van der Waals surface area (Å²) in [5, 5.41) is 3.13. The van der Waals surface area contributed by atoms with Gasteiger partial charge in [0, 0.05) is 30.4 Å². The molecule has 1 aromatic carbocycles. The molecular weight excluding hydrogens is 343 g/mol. The number of ether oxygens (including phenoxy) is 1. The Bertz CT molecular complexity index is 685. The molecule has 0 bridgehead atoms. The molecule has 27 heavy (non-hydrogen) atoms. The normalized spacial score (nSPS) is 29.0. The second-order valence-corrected chi connectivity index (χ2v) is 8.88. The van der Waals surface area contributed by atoms with Crippen molar-refractivity contribution in [2.75, 3.05) is 13.2 Å². The molecule has 0 spiro atoms. The standard InChI is InChI=1S/C22H33FN2O2/c1-4-27-18-14-22(24,20(18,2)3)19(26)25-15-21(11-6-5-7-12-21)16-9-8-10-17(23)13-16/h8-10,13,18H,4-7,11-12,14-15,24H2,1-3H3,(H,25,26). The highest BCUT2D eigenvalue weighted by atomic mass is 19.1. The SMILES string of the molecule is CCOC1CC(N)(C(=O)NCC2(c3cccc(F)c3)CCCCC2)C1(C)C. The Labute approximate surface area is 162 Å². The van der Waals surface area contributed by atoms with Crippen LogP contribution in [0.4, 0.5) is 4.39 Å². The zero-order valence-corrected chi connectivity index (χ0v) is 16.8. The summed E-state index contributed by atoms with van der Waals surface area (Å²) in [6.07, 6.45) is 5.83. The topological polar surface area (TPSA) is 64.3 Å². The maximum absolute atomic E-state index is 13.8. The molecule has 2 aliphatic carbocycles. The highest BCUT2D eigenvalue weighted by molar-refractivity contribution is 5.88. The van der Waals surface area contributed by atoms with Gasteiger partial charge in [-0.25, -0.2) is 4.39 Å². The summed E-state index contributed by atoms with van der Waals surface area (Å²) in [4.78, 5) is 13.0. The number of carbonyl (C=O) groups is 1. The maximum atomic E-state index is 13.8. The number of benzene rings is 1. The molecule has 2 atom stereocenters. The first-order chi connectivity index (χ1) is 12.7. The zero-order valence-electron chi connectivity index (χ0n) is 16.8. The molecule has 0 radical (unpaired) electrons. The van der Waals surface area contributed by atoms with Crippen molar-refractivity contribution in [3.8, 4) is 0 Å². The minimum atomic E-state index is -0.926. The van der Waals surface area contributed by atoms with Gasteiger partial charge in [-0.05, 0) is 37.5 Å². The molecule has 0 aliphatic heterocycles. The third-order valence-corrected chi connectivity index (χ3v) is 7.07. The molecule has 5 heteroatoms. The Morgan fingerprint density at radius 1 is 1.30 bits per heavy atom. The van der Waals surface area contributed by atoms with Gasteiger partial charge in [-0.15, -0.1) is 0 Å². The summed E-state index contributed by atoms with van der Waals surface area (Å²) in [7, 11) is 0. The van der Waals surface area contributed by atoms with Crippen LogP contribution in [0.3, 0.4) is 0 Å². The molecule has 3 rings (SSSR count). The van der Waals surface area contributed by atoms with Gasteiger partial charge in [-0.1, -0.05) is 45.2 Å². The van der Waals surface area contributed by atoms with Crippen LogP contribution < -0.4 is 11.1 Å². The molecule has 2 aliphatic rings. The number of hydrogen-bond acceptors (Lipinski definition) is 3. The van der Waals surface area contributed by atoms with Crippen LogP contribution in [0.25, 0.3) is 0 Å². The van der Waals surface area contributed by atoms with E-state index >= 15 is 0 Å². The van der Waals surface area contributed by atoms with E-state index in [0.717, 1.165) is 31.2 Å². The van der Waals surface area contributed by atoms with Crippen molar-refractivity contribution in [3.05, 3.63) is 35.6 Å². The maximum Gasteiger partial charge on any atom is 0.240 e. The quantitative estimate of drug-likeness (QED) is 0.796. The second kappa shape index (κ2) is 7.51. The van der Waals surface area contributed by atoms with Gasteiger partial charge >= 0.3 is 0 Å². The van der Waals surface area contributed by atoms with E-state index in [-0.39, 0.29) is 23.2 Å². The molecule has 3 N–H and O–H groups in total. The van der Waals surface area contributed by atoms with E-state index in [1.807, 2.05) is 26.8 Å². The minimum Gasteiger partial charge on any atom is -0.378 e. The summed E-state index contributed by atoms with van der Waals surface area (Å²) in [6.45, 7) is 7.08. The third kappa shape index (κ3) is 3.52. The Morgan fingerprint density at radius 3 is 2.59 bits per heavy atom. The molecule has 1 aromatic rings. The number of nitrogens with two attached hydrogens (primary N) is 1. The average Bonchev–Trinajstić information content (AvgIpc) is 2.66. The van der Waals surface area contributed by atoms with Crippen molar-refractivity contribution < 1.29 is 13.9 Å². The largest absolute Gasteiger partial charge is 0.378 e. The van der Waals surface area contributed by atoms with Crippen molar-refractivity contribution in [3.63, 3.8) is 0 Å². The lowest BCUT2D eigenvalue weighted by Crippen LogP contribution is -2.76. The molecular formula is C22H33FN2O2. The highest BCUT2D eigenvalue weighted by Crippen LogP contribution is 2.50. The van der Waals surface area contributed by atoms with E-state index in [4.69, 9.17) is 10.5 Å². The van der Waals surface area contributed by atoms with E-state index in [9.17, 15) is 9.18 Å². The number of amides is 1. The number of hydrogen-bond donors (Lipinski definition) is 2. The van der Waals surface area contributed by atoms with Crippen LogP contribution in [0.15, 0.2) is 24.3 Å². The first-order valence-corrected chi connectivity index (χ1v) is 10.2. The van der Waals surface area contributed by atoms with Gasteiger partial charge < -0.3 is 15.8 Å². The summed E-state index contributed by atoms with van der Waals surface area (Å²) < 4.78 is 19.6. The number of rotatable bonds is 6. The Morgan fingerprint density at radius 2 is 2.00 bits per heavy atom. The first-order valence-electron chi connectivity index (χ1n) is 10.2. The fourth-order valence-electron chi connectivity index (χ4n) is 4.84. The lowest BCUT2D eigenvalue weighted by molar-refractivity contribution is -0.170. The molecule has 2 unspecified atom stereocenters. The van der Waals surface area contributed by atoms with Gasteiger partial charge in [0.2, 0.25) is 5.91 Å². The summed E-state index contributed by atoms with van der Waals surface area (Å²) in [5.74, 6) is -0.344. The molecule has 150 valence electrons. The van der Waals surface area contributed by atoms with Crippen LogP contribution in [-0.4, -0.2) is 30.7 Å². The average molecular weight is 377 g/mol. The lowest BCUT2D eigenvalue weighted by atomic mass is 9.54. The van der Waals surface area contributed by atoms with Crippen molar-refractivity contribution in [2.24, 2.45) is 11.1 Å². The van der Waals surface area contributed by atoms with E-state index in [0.29, 0.717) is 19.6 Å². The molecule has 0 saturated heterocycles.